The lowest BCUT2D eigenvalue weighted by Gasteiger charge is -2.12. The average Bonchev–Trinajstić information content (AvgIpc) is 2.87. The Hall–Kier alpha value is -2.11. The van der Waals surface area contributed by atoms with Crippen LogP contribution in [0.15, 0.2) is 59.5 Å². The van der Waals surface area contributed by atoms with Crippen molar-refractivity contribution in [2.24, 2.45) is 0 Å². The van der Waals surface area contributed by atoms with Crippen LogP contribution in [0.3, 0.4) is 0 Å². The molecule has 1 heterocycles. The molecule has 0 N–H and O–H groups in total. The van der Waals surface area contributed by atoms with Crippen LogP contribution >= 0.6 is 0 Å². The number of aromatic nitrogens is 1. The van der Waals surface area contributed by atoms with E-state index in [1.54, 1.807) is 30.3 Å². The molecular formula is C15H10FNO2S. The van der Waals surface area contributed by atoms with Gasteiger partial charge in [0.25, 0.3) is 0 Å². The minimum absolute atomic E-state index is 0.187. The minimum atomic E-state index is -1.59. The predicted octanol–water partition coefficient (Wildman–Crippen LogP) is 3.16. The SMILES string of the molecule is O=Cc1cc2c(F)cccc2n1[S+]([O-])c1ccccc1. The number of hydrogen-bond donors (Lipinski definition) is 0. The molecule has 0 fully saturated rings. The van der Waals surface area contributed by atoms with E-state index >= 15 is 0 Å². The summed E-state index contributed by atoms with van der Waals surface area (Å²) in [6.07, 6.45) is 0.584. The molecule has 0 spiro atoms. The molecule has 3 nitrogen and oxygen atoms in total. The molecule has 2 aromatic carbocycles. The molecule has 0 saturated heterocycles. The van der Waals surface area contributed by atoms with E-state index in [2.05, 4.69) is 0 Å². The number of carbonyl (C=O) groups is 1. The van der Waals surface area contributed by atoms with Crippen LogP contribution in [-0.2, 0) is 11.4 Å². The fourth-order valence-electron chi connectivity index (χ4n) is 2.10. The van der Waals surface area contributed by atoms with Crippen molar-refractivity contribution in [3.8, 4) is 0 Å². The zero-order chi connectivity index (χ0) is 14.1. The zero-order valence-electron chi connectivity index (χ0n) is 10.3. The van der Waals surface area contributed by atoms with Gasteiger partial charge in [0.05, 0.1) is 0 Å². The van der Waals surface area contributed by atoms with Crippen LogP contribution in [0.25, 0.3) is 10.9 Å². The van der Waals surface area contributed by atoms with E-state index in [1.807, 2.05) is 6.07 Å². The normalized spacial score (nSPS) is 12.5. The van der Waals surface area contributed by atoms with Gasteiger partial charge in [-0.1, -0.05) is 24.3 Å². The van der Waals surface area contributed by atoms with Gasteiger partial charge in [-0.3, -0.25) is 4.79 Å². The second-order valence-corrected chi connectivity index (χ2v) is 5.55. The Morgan fingerprint density at radius 1 is 1.10 bits per heavy atom. The first-order valence-electron chi connectivity index (χ1n) is 5.95. The third kappa shape index (κ3) is 2.01. The molecule has 0 bridgehead atoms. The van der Waals surface area contributed by atoms with Crippen LogP contribution in [0.2, 0.25) is 0 Å². The van der Waals surface area contributed by atoms with Gasteiger partial charge in [-0.25, -0.2) is 4.39 Å². The molecule has 0 amide bonds. The first-order chi connectivity index (χ1) is 9.72. The van der Waals surface area contributed by atoms with Gasteiger partial charge in [0, 0.05) is 5.39 Å². The van der Waals surface area contributed by atoms with Gasteiger partial charge in [-0.2, -0.15) is 3.97 Å². The molecule has 0 radical (unpaired) electrons. The molecule has 3 aromatic rings. The minimum Gasteiger partial charge on any atom is -0.587 e. The summed E-state index contributed by atoms with van der Waals surface area (Å²) in [7, 11) is 0. The Balaban J connectivity index is 2.25. The Labute approximate surface area is 118 Å². The average molecular weight is 287 g/mol. The van der Waals surface area contributed by atoms with E-state index < -0.39 is 17.2 Å². The van der Waals surface area contributed by atoms with Crippen LogP contribution in [0.1, 0.15) is 10.5 Å². The number of fused-ring (bicyclic) bond motifs is 1. The lowest BCUT2D eigenvalue weighted by Crippen LogP contribution is -2.15. The van der Waals surface area contributed by atoms with Crippen LogP contribution in [0.5, 0.6) is 0 Å². The van der Waals surface area contributed by atoms with E-state index in [9.17, 15) is 13.7 Å². The van der Waals surface area contributed by atoms with E-state index in [-0.39, 0.29) is 5.69 Å². The first kappa shape index (κ1) is 12.9. The van der Waals surface area contributed by atoms with E-state index in [1.165, 1.54) is 22.2 Å². The van der Waals surface area contributed by atoms with Crippen LogP contribution in [0.4, 0.5) is 4.39 Å². The highest BCUT2D eigenvalue weighted by molar-refractivity contribution is 7.90. The van der Waals surface area contributed by atoms with Crippen molar-refractivity contribution in [1.82, 2.24) is 3.97 Å². The first-order valence-corrected chi connectivity index (χ1v) is 7.05. The maximum Gasteiger partial charge on any atom is 0.180 e. The molecule has 0 aliphatic rings. The molecule has 3 rings (SSSR count). The van der Waals surface area contributed by atoms with Crippen molar-refractivity contribution >= 4 is 28.6 Å². The molecule has 0 saturated carbocycles. The molecule has 1 aromatic heterocycles. The highest BCUT2D eigenvalue weighted by atomic mass is 32.2. The largest absolute Gasteiger partial charge is 0.587 e. The molecular weight excluding hydrogens is 277 g/mol. The topological polar surface area (TPSA) is 45.1 Å². The highest BCUT2D eigenvalue weighted by Crippen LogP contribution is 2.26. The van der Waals surface area contributed by atoms with Crippen LogP contribution in [-0.4, -0.2) is 14.8 Å². The summed E-state index contributed by atoms with van der Waals surface area (Å²) in [5.41, 5.74) is 0.626. The van der Waals surface area contributed by atoms with E-state index in [0.717, 1.165) is 0 Å². The third-order valence-corrected chi connectivity index (χ3v) is 4.42. The van der Waals surface area contributed by atoms with Gasteiger partial charge in [0.1, 0.15) is 28.4 Å². The number of halogens is 1. The summed E-state index contributed by atoms with van der Waals surface area (Å²) in [5, 5.41) is 0.291. The Bertz CT molecular complexity index is 770. The highest BCUT2D eigenvalue weighted by Gasteiger charge is 2.22. The summed E-state index contributed by atoms with van der Waals surface area (Å²) in [4.78, 5) is 11.7. The molecule has 1 atom stereocenters. The second kappa shape index (κ2) is 5.11. The van der Waals surface area contributed by atoms with E-state index in [4.69, 9.17) is 0 Å². The quantitative estimate of drug-likeness (QED) is 0.548. The Morgan fingerprint density at radius 2 is 1.85 bits per heavy atom. The number of nitrogens with zero attached hydrogens (tertiary/aromatic N) is 1. The Kier molecular flexibility index (Phi) is 3.30. The number of carbonyl (C=O) groups excluding carboxylic acids is 1. The van der Waals surface area contributed by atoms with Gasteiger partial charge < -0.3 is 4.55 Å². The van der Waals surface area contributed by atoms with Crippen molar-refractivity contribution in [2.75, 3.05) is 0 Å². The van der Waals surface area contributed by atoms with Gasteiger partial charge in [-0.05, 0) is 30.3 Å². The maximum atomic E-state index is 13.8. The Morgan fingerprint density at radius 3 is 2.55 bits per heavy atom. The van der Waals surface area contributed by atoms with Gasteiger partial charge >= 0.3 is 0 Å². The molecule has 0 aliphatic heterocycles. The standard InChI is InChI=1S/C15H10FNO2S/c16-14-7-4-8-15-13(14)9-11(10-18)17(15)20(19)12-5-2-1-3-6-12/h1-10H. The number of hydrogen-bond acceptors (Lipinski definition) is 2. The van der Waals surface area contributed by atoms with Crippen molar-refractivity contribution in [3.63, 3.8) is 0 Å². The summed E-state index contributed by atoms with van der Waals surface area (Å²) in [6.45, 7) is 0. The number of aldehydes is 1. The van der Waals surface area contributed by atoms with Gasteiger partial charge in [0.15, 0.2) is 11.2 Å². The molecule has 5 heteroatoms. The van der Waals surface area contributed by atoms with Gasteiger partial charge in [-0.15, -0.1) is 0 Å². The van der Waals surface area contributed by atoms with Crippen LogP contribution in [0, 0.1) is 5.82 Å². The van der Waals surface area contributed by atoms with Crippen molar-refractivity contribution in [1.29, 1.82) is 0 Å². The molecule has 0 aliphatic carbocycles. The fourth-order valence-corrected chi connectivity index (χ4v) is 3.33. The van der Waals surface area contributed by atoms with Crippen molar-refractivity contribution in [3.05, 3.63) is 66.1 Å². The monoisotopic (exact) mass is 287 g/mol. The fraction of sp³-hybridized carbons (Fsp3) is 0. The predicted molar refractivity (Wildman–Crippen MR) is 75.5 cm³/mol. The molecule has 100 valence electrons. The lowest BCUT2D eigenvalue weighted by molar-refractivity contribution is 0.111. The lowest BCUT2D eigenvalue weighted by atomic mass is 10.2. The number of rotatable bonds is 3. The summed E-state index contributed by atoms with van der Waals surface area (Å²) >= 11 is -1.59. The van der Waals surface area contributed by atoms with Crippen molar-refractivity contribution < 1.29 is 13.7 Å². The van der Waals surface area contributed by atoms with Crippen molar-refractivity contribution in [2.45, 2.75) is 4.90 Å². The summed E-state index contributed by atoms with van der Waals surface area (Å²) in [5.74, 6) is -0.436. The zero-order valence-corrected chi connectivity index (χ0v) is 11.1. The number of benzene rings is 2. The third-order valence-electron chi connectivity index (χ3n) is 3.01. The summed E-state index contributed by atoms with van der Waals surface area (Å²) in [6, 6.07) is 14.7. The van der Waals surface area contributed by atoms with E-state index in [0.29, 0.717) is 22.1 Å². The second-order valence-electron chi connectivity index (χ2n) is 4.22. The molecule has 1 unspecified atom stereocenters. The van der Waals surface area contributed by atoms with Gasteiger partial charge in [0.2, 0.25) is 0 Å². The van der Waals surface area contributed by atoms with Crippen LogP contribution < -0.4 is 0 Å². The molecule has 20 heavy (non-hydrogen) atoms. The summed E-state index contributed by atoms with van der Waals surface area (Å²) < 4.78 is 27.7. The maximum absolute atomic E-state index is 13.8. The smallest absolute Gasteiger partial charge is 0.180 e.